The van der Waals surface area contributed by atoms with Crippen LogP contribution in [0.25, 0.3) is 0 Å². The smallest absolute Gasteiger partial charge is 0.0368 e. The first kappa shape index (κ1) is 11.6. The lowest BCUT2D eigenvalue weighted by Crippen LogP contribution is -2.45. The normalized spacial score (nSPS) is 15.5. The number of piperazine rings is 1. The van der Waals surface area contributed by atoms with Gasteiger partial charge in [0.1, 0.15) is 0 Å². The Labute approximate surface area is 104 Å². The molecule has 0 unspecified atom stereocenters. The molecule has 1 saturated heterocycles. The van der Waals surface area contributed by atoms with E-state index in [4.69, 9.17) is 6.42 Å². The van der Waals surface area contributed by atoms with Gasteiger partial charge in [-0.2, -0.15) is 0 Å². The van der Waals surface area contributed by atoms with Crippen molar-refractivity contribution in [2.75, 3.05) is 31.1 Å². The second kappa shape index (κ2) is 4.97. The van der Waals surface area contributed by atoms with E-state index in [1.165, 1.54) is 5.69 Å². The SMILES string of the molecule is C#Cc1ccc(N2CCN(C(=C)C)CC2)cc1. The monoisotopic (exact) mass is 226 g/mol. The largest absolute Gasteiger partial charge is 0.372 e. The van der Waals surface area contributed by atoms with Crippen LogP contribution in [0.4, 0.5) is 5.69 Å². The summed E-state index contributed by atoms with van der Waals surface area (Å²) in [6.07, 6.45) is 5.35. The molecule has 0 aliphatic carbocycles. The van der Waals surface area contributed by atoms with Crippen LogP contribution in [0.15, 0.2) is 36.5 Å². The number of hydrogen-bond acceptors (Lipinski definition) is 2. The van der Waals surface area contributed by atoms with Gasteiger partial charge in [-0.15, -0.1) is 6.42 Å². The first-order chi connectivity index (χ1) is 8.20. The molecule has 1 fully saturated rings. The van der Waals surface area contributed by atoms with Crippen molar-refractivity contribution in [3.05, 3.63) is 42.1 Å². The summed E-state index contributed by atoms with van der Waals surface area (Å²) in [7, 11) is 0. The van der Waals surface area contributed by atoms with E-state index in [1.54, 1.807) is 0 Å². The molecule has 2 heteroatoms. The Morgan fingerprint density at radius 1 is 1.18 bits per heavy atom. The van der Waals surface area contributed by atoms with Gasteiger partial charge in [-0.25, -0.2) is 0 Å². The van der Waals surface area contributed by atoms with E-state index in [0.717, 1.165) is 37.4 Å². The minimum Gasteiger partial charge on any atom is -0.372 e. The molecule has 1 heterocycles. The molecule has 2 rings (SSSR count). The maximum absolute atomic E-state index is 5.35. The number of rotatable bonds is 2. The second-order valence-electron chi connectivity index (χ2n) is 4.40. The topological polar surface area (TPSA) is 6.48 Å². The Morgan fingerprint density at radius 2 is 1.76 bits per heavy atom. The quantitative estimate of drug-likeness (QED) is 0.714. The van der Waals surface area contributed by atoms with E-state index in [-0.39, 0.29) is 0 Å². The maximum atomic E-state index is 5.35. The van der Waals surface area contributed by atoms with E-state index in [0.29, 0.717) is 0 Å². The van der Waals surface area contributed by atoms with Gasteiger partial charge in [0.25, 0.3) is 0 Å². The molecule has 1 aliphatic heterocycles. The molecule has 0 atom stereocenters. The Bertz CT molecular complexity index is 431. The molecule has 17 heavy (non-hydrogen) atoms. The van der Waals surface area contributed by atoms with Crippen molar-refractivity contribution >= 4 is 5.69 Å². The molecule has 0 aromatic heterocycles. The van der Waals surface area contributed by atoms with Gasteiger partial charge in [-0.05, 0) is 31.2 Å². The highest BCUT2D eigenvalue weighted by Crippen LogP contribution is 2.18. The van der Waals surface area contributed by atoms with Crippen molar-refractivity contribution in [2.45, 2.75) is 6.92 Å². The van der Waals surface area contributed by atoms with Gasteiger partial charge in [0.2, 0.25) is 0 Å². The fourth-order valence-electron chi connectivity index (χ4n) is 2.11. The number of benzene rings is 1. The van der Waals surface area contributed by atoms with E-state index >= 15 is 0 Å². The predicted molar refractivity (Wildman–Crippen MR) is 73.0 cm³/mol. The maximum Gasteiger partial charge on any atom is 0.0368 e. The van der Waals surface area contributed by atoms with Crippen LogP contribution in [0.5, 0.6) is 0 Å². The summed E-state index contributed by atoms with van der Waals surface area (Å²) in [4.78, 5) is 4.71. The Kier molecular flexibility index (Phi) is 3.39. The zero-order valence-corrected chi connectivity index (χ0v) is 10.3. The Morgan fingerprint density at radius 3 is 2.24 bits per heavy atom. The zero-order chi connectivity index (χ0) is 12.3. The van der Waals surface area contributed by atoms with Crippen LogP contribution < -0.4 is 4.90 Å². The molecular weight excluding hydrogens is 208 g/mol. The van der Waals surface area contributed by atoms with Crippen molar-refractivity contribution < 1.29 is 0 Å². The van der Waals surface area contributed by atoms with E-state index in [1.807, 2.05) is 12.1 Å². The van der Waals surface area contributed by atoms with E-state index in [2.05, 4.69) is 41.4 Å². The molecule has 88 valence electrons. The number of nitrogens with zero attached hydrogens (tertiary/aromatic N) is 2. The van der Waals surface area contributed by atoms with Crippen LogP contribution in [-0.4, -0.2) is 31.1 Å². The van der Waals surface area contributed by atoms with Crippen molar-refractivity contribution in [1.82, 2.24) is 4.90 Å². The average Bonchev–Trinajstić information content (AvgIpc) is 2.39. The van der Waals surface area contributed by atoms with Crippen molar-refractivity contribution in [3.63, 3.8) is 0 Å². The second-order valence-corrected chi connectivity index (χ2v) is 4.40. The minimum absolute atomic E-state index is 0.939. The molecule has 0 amide bonds. The lowest BCUT2D eigenvalue weighted by molar-refractivity contribution is 0.323. The molecule has 0 radical (unpaired) electrons. The Hall–Kier alpha value is -1.88. The summed E-state index contributed by atoms with van der Waals surface area (Å²) in [5.74, 6) is 2.64. The summed E-state index contributed by atoms with van der Waals surface area (Å²) < 4.78 is 0. The lowest BCUT2D eigenvalue weighted by atomic mass is 10.2. The van der Waals surface area contributed by atoms with Crippen LogP contribution in [-0.2, 0) is 0 Å². The third-order valence-electron chi connectivity index (χ3n) is 3.22. The van der Waals surface area contributed by atoms with Gasteiger partial charge in [0.05, 0.1) is 0 Å². The van der Waals surface area contributed by atoms with Gasteiger partial charge in [-0.1, -0.05) is 12.5 Å². The first-order valence-electron chi connectivity index (χ1n) is 5.93. The number of hydrogen-bond donors (Lipinski definition) is 0. The first-order valence-corrected chi connectivity index (χ1v) is 5.93. The third kappa shape index (κ3) is 2.62. The van der Waals surface area contributed by atoms with Gasteiger partial charge in [0, 0.05) is 43.1 Å². The van der Waals surface area contributed by atoms with E-state index < -0.39 is 0 Å². The highest BCUT2D eigenvalue weighted by atomic mass is 15.3. The lowest BCUT2D eigenvalue weighted by Gasteiger charge is -2.37. The van der Waals surface area contributed by atoms with Gasteiger partial charge >= 0.3 is 0 Å². The van der Waals surface area contributed by atoms with Crippen molar-refractivity contribution in [2.24, 2.45) is 0 Å². The number of terminal acetylenes is 1. The highest BCUT2D eigenvalue weighted by molar-refractivity contribution is 5.50. The number of allylic oxidation sites excluding steroid dienone is 1. The zero-order valence-electron chi connectivity index (χ0n) is 10.3. The summed E-state index contributed by atoms with van der Waals surface area (Å²) in [6, 6.07) is 8.21. The van der Waals surface area contributed by atoms with Crippen molar-refractivity contribution in [1.29, 1.82) is 0 Å². The van der Waals surface area contributed by atoms with E-state index in [9.17, 15) is 0 Å². The fourth-order valence-corrected chi connectivity index (χ4v) is 2.11. The van der Waals surface area contributed by atoms with Crippen LogP contribution in [0, 0.1) is 12.3 Å². The van der Waals surface area contributed by atoms with Crippen molar-refractivity contribution in [3.8, 4) is 12.3 Å². The van der Waals surface area contributed by atoms with Crippen LogP contribution in [0.3, 0.4) is 0 Å². The molecule has 2 nitrogen and oxygen atoms in total. The predicted octanol–water partition coefficient (Wildman–Crippen LogP) is 2.32. The molecule has 0 saturated carbocycles. The minimum atomic E-state index is 0.939. The Balaban J connectivity index is 2.00. The molecule has 0 bridgehead atoms. The molecule has 0 N–H and O–H groups in total. The van der Waals surface area contributed by atoms with Gasteiger partial charge < -0.3 is 9.80 Å². The highest BCUT2D eigenvalue weighted by Gasteiger charge is 2.16. The van der Waals surface area contributed by atoms with Crippen LogP contribution >= 0.6 is 0 Å². The van der Waals surface area contributed by atoms with Crippen LogP contribution in [0.1, 0.15) is 12.5 Å². The summed E-state index contributed by atoms with van der Waals surface area (Å²) in [6.45, 7) is 10.2. The van der Waals surface area contributed by atoms with Crippen LogP contribution in [0.2, 0.25) is 0 Å². The van der Waals surface area contributed by atoms with Gasteiger partial charge in [0.15, 0.2) is 0 Å². The standard InChI is InChI=1S/C15H18N2/c1-4-14-5-7-15(8-6-14)17-11-9-16(10-12-17)13(2)3/h1,5-8H,2,9-12H2,3H3. The summed E-state index contributed by atoms with van der Waals surface area (Å²) >= 11 is 0. The average molecular weight is 226 g/mol. The summed E-state index contributed by atoms with van der Waals surface area (Å²) in [5.41, 5.74) is 3.35. The third-order valence-corrected chi connectivity index (χ3v) is 3.22. The molecule has 1 aromatic carbocycles. The summed E-state index contributed by atoms with van der Waals surface area (Å²) in [5, 5.41) is 0. The number of anilines is 1. The molecule has 0 spiro atoms. The fraction of sp³-hybridized carbons (Fsp3) is 0.333. The van der Waals surface area contributed by atoms with Gasteiger partial charge in [-0.3, -0.25) is 0 Å². The molecular formula is C15H18N2. The molecule has 1 aromatic rings. The molecule has 1 aliphatic rings.